The second-order valence-electron chi connectivity index (χ2n) is 6.48. The van der Waals surface area contributed by atoms with Crippen LogP contribution < -0.4 is 0 Å². The van der Waals surface area contributed by atoms with Crippen molar-refractivity contribution >= 4 is 12.0 Å². The monoisotopic (exact) mass is 374 g/mol. The van der Waals surface area contributed by atoms with Gasteiger partial charge in [0.05, 0.1) is 5.56 Å². The van der Waals surface area contributed by atoms with Crippen molar-refractivity contribution in [2.24, 2.45) is 0 Å². The van der Waals surface area contributed by atoms with Gasteiger partial charge in [-0.05, 0) is 23.8 Å². The van der Waals surface area contributed by atoms with E-state index in [-0.39, 0.29) is 11.5 Å². The van der Waals surface area contributed by atoms with Gasteiger partial charge in [0.25, 0.3) is 5.91 Å². The number of benzene rings is 2. The summed E-state index contributed by atoms with van der Waals surface area (Å²) in [6.07, 6.45) is -0.306. The van der Waals surface area contributed by atoms with Crippen molar-refractivity contribution in [1.82, 2.24) is 9.80 Å². The quantitative estimate of drug-likeness (QED) is 0.802. The minimum absolute atomic E-state index is 0.0854. The number of carbonyl (C=O) groups is 1. The average molecular weight is 374 g/mol. The third kappa shape index (κ3) is 5.20. The van der Waals surface area contributed by atoms with Crippen LogP contribution in [-0.2, 0) is 6.18 Å². The van der Waals surface area contributed by atoms with Gasteiger partial charge in [0, 0.05) is 38.3 Å². The molecule has 1 heterocycles. The first kappa shape index (κ1) is 19.2. The lowest BCUT2D eigenvalue weighted by molar-refractivity contribution is -0.137. The van der Waals surface area contributed by atoms with E-state index < -0.39 is 11.7 Å². The van der Waals surface area contributed by atoms with Crippen molar-refractivity contribution in [2.45, 2.75) is 6.18 Å². The number of halogens is 3. The van der Waals surface area contributed by atoms with Gasteiger partial charge in [0.2, 0.25) is 0 Å². The molecule has 3 nitrogen and oxygen atoms in total. The summed E-state index contributed by atoms with van der Waals surface area (Å²) >= 11 is 0. The van der Waals surface area contributed by atoms with E-state index in [1.54, 1.807) is 4.90 Å². The summed E-state index contributed by atoms with van der Waals surface area (Å²) in [5.74, 6) is -0.347. The predicted molar refractivity (Wildman–Crippen MR) is 99.3 cm³/mol. The first-order valence-corrected chi connectivity index (χ1v) is 8.84. The molecule has 0 unspecified atom stereocenters. The molecule has 0 saturated carbocycles. The van der Waals surface area contributed by atoms with E-state index in [9.17, 15) is 18.0 Å². The number of hydrogen-bond donors (Lipinski definition) is 0. The van der Waals surface area contributed by atoms with Crippen LogP contribution in [0.2, 0.25) is 0 Å². The van der Waals surface area contributed by atoms with E-state index in [2.05, 4.69) is 17.1 Å². The fraction of sp³-hybridized carbons (Fsp3) is 0.286. The first-order chi connectivity index (χ1) is 12.9. The lowest BCUT2D eigenvalue weighted by atomic mass is 10.1. The minimum atomic E-state index is -4.44. The van der Waals surface area contributed by atoms with E-state index in [1.165, 1.54) is 12.1 Å². The van der Waals surface area contributed by atoms with E-state index in [0.717, 1.165) is 24.2 Å². The number of piperazine rings is 1. The molecule has 0 bridgehead atoms. The highest BCUT2D eigenvalue weighted by atomic mass is 19.4. The van der Waals surface area contributed by atoms with Gasteiger partial charge in [-0.2, -0.15) is 13.2 Å². The molecule has 27 heavy (non-hydrogen) atoms. The van der Waals surface area contributed by atoms with Crippen LogP contribution in [0.4, 0.5) is 13.2 Å². The van der Waals surface area contributed by atoms with Crippen LogP contribution in [0.15, 0.2) is 60.7 Å². The zero-order valence-electron chi connectivity index (χ0n) is 14.8. The Hall–Kier alpha value is -2.60. The number of alkyl halides is 3. The number of nitrogens with zero attached hydrogens (tertiary/aromatic N) is 2. The molecule has 142 valence electrons. The van der Waals surface area contributed by atoms with E-state index in [0.29, 0.717) is 26.2 Å². The van der Waals surface area contributed by atoms with Gasteiger partial charge in [-0.1, -0.05) is 48.6 Å². The molecule has 1 aliphatic heterocycles. The Morgan fingerprint density at radius 3 is 2.33 bits per heavy atom. The molecule has 1 aliphatic rings. The lowest BCUT2D eigenvalue weighted by Crippen LogP contribution is -2.48. The maximum atomic E-state index is 12.8. The molecule has 0 aliphatic carbocycles. The smallest absolute Gasteiger partial charge is 0.336 e. The van der Waals surface area contributed by atoms with Gasteiger partial charge in [-0.15, -0.1) is 0 Å². The van der Waals surface area contributed by atoms with Crippen LogP contribution in [0.1, 0.15) is 21.5 Å². The Labute approximate surface area is 156 Å². The molecule has 0 N–H and O–H groups in total. The minimum Gasteiger partial charge on any atom is -0.336 e. The molecule has 1 saturated heterocycles. The van der Waals surface area contributed by atoms with Crippen molar-refractivity contribution in [2.75, 3.05) is 32.7 Å². The maximum Gasteiger partial charge on any atom is 0.416 e. The number of hydrogen-bond acceptors (Lipinski definition) is 2. The molecule has 0 aromatic heterocycles. The molecule has 2 aromatic rings. The lowest BCUT2D eigenvalue weighted by Gasteiger charge is -2.34. The summed E-state index contributed by atoms with van der Waals surface area (Å²) in [6, 6.07) is 14.6. The average Bonchev–Trinajstić information content (AvgIpc) is 2.68. The van der Waals surface area contributed by atoms with Crippen LogP contribution in [0, 0.1) is 0 Å². The Bertz CT molecular complexity index is 795. The summed E-state index contributed by atoms with van der Waals surface area (Å²) in [7, 11) is 0. The third-order valence-electron chi connectivity index (χ3n) is 4.57. The van der Waals surface area contributed by atoms with E-state index in [4.69, 9.17) is 0 Å². The zero-order valence-corrected chi connectivity index (χ0v) is 14.8. The Morgan fingerprint density at radius 1 is 0.963 bits per heavy atom. The zero-order chi connectivity index (χ0) is 19.3. The largest absolute Gasteiger partial charge is 0.416 e. The van der Waals surface area contributed by atoms with Gasteiger partial charge in [-0.3, -0.25) is 9.69 Å². The van der Waals surface area contributed by atoms with Gasteiger partial charge >= 0.3 is 6.18 Å². The Balaban J connectivity index is 1.53. The van der Waals surface area contributed by atoms with Gasteiger partial charge < -0.3 is 4.90 Å². The van der Waals surface area contributed by atoms with Crippen LogP contribution in [-0.4, -0.2) is 48.4 Å². The summed E-state index contributed by atoms with van der Waals surface area (Å²) < 4.78 is 38.5. The normalized spacial score (nSPS) is 16.0. The first-order valence-electron chi connectivity index (χ1n) is 8.84. The molecule has 3 rings (SSSR count). The highest BCUT2D eigenvalue weighted by Gasteiger charge is 2.31. The predicted octanol–water partition coefficient (Wildman–Crippen LogP) is 4.18. The molecule has 2 aromatic carbocycles. The van der Waals surface area contributed by atoms with Gasteiger partial charge in [0.1, 0.15) is 0 Å². The molecule has 0 atom stereocenters. The van der Waals surface area contributed by atoms with Crippen molar-refractivity contribution in [3.8, 4) is 0 Å². The maximum absolute atomic E-state index is 12.8. The highest BCUT2D eigenvalue weighted by Crippen LogP contribution is 2.29. The van der Waals surface area contributed by atoms with Crippen molar-refractivity contribution in [3.63, 3.8) is 0 Å². The van der Waals surface area contributed by atoms with Crippen LogP contribution >= 0.6 is 0 Å². The summed E-state index contributed by atoms with van der Waals surface area (Å²) in [5.41, 5.74) is 0.427. The topological polar surface area (TPSA) is 23.6 Å². The van der Waals surface area contributed by atoms with E-state index in [1.807, 2.05) is 30.3 Å². The molecular weight excluding hydrogens is 353 g/mol. The second-order valence-corrected chi connectivity index (χ2v) is 6.48. The standard InChI is InChI=1S/C21H21F3N2O/c22-21(23,24)19-10-4-9-18(16-19)20(27)26-14-12-25(13-15-26)11-5-8-17-6-2-1-3-7-17/h1-10,16H,11-15H2. The molecule has 6 heteroatoms. The van der Waals surface area contributed by atoms with Crippen LogP contribution in [0.5, 0.6) is 0 Å². The fourth-order valence-electron chi connectivity index (χ4n) is 3.05. The van der Waals surface area contributed by atoms with Gasteiger partial charge in [-0.25, -0.2) is 0 Å². The molecule has 0 spiro atoms. The molecule has 0 radical (unpaired) electrons. The van der Waals surface area contributed by atoms with Gasteiger partial charge in [0.15, 0.2) is 0 Å². The molecular formula is C21H21F3N2O. The Kier molecular flexibility index (Phi) is 5.96. The number of carbonyl (C=O) groups excluding carboxylic acids is 1. The third-order valence-corrected chi connectivity index (χ3v) is 4.57. The van der Waals surface area contributed by atoms with Crippen molar-refractivity contribution < 1.29 is 18.0 Å². The van der Waals surface area contributed by atoms with Crippen LogP contribution in [0.3, 0.4) is 0 Å². The fourth-order valence-corrected chi connectivity index (χ4v) is 3.05. The van der Waals surface area contributed by atoms with Crippen LogP contribution in [0.25, 0.3) is 6.08 Å². The molecule has 1 fully saturated rings. The number of amides is 1. The van der Waals surface area contributed by atoms with Crippen molar-refractivity contribution in [3.05, 3.63) is 77.4 Å². The summed E-state index contributed by atoms with van der Waals surface area (Å²) in [6.45, 7) is 3.19. The second kappa shape index (κ2) is 8.39. The van der Waals surface area contributed by atoms with E-state index >= 15 is 0 Å². The number of rotatable bonds is 4. The summed E-state index contributed by atoms with van der Waals surface area (Å²) in [4.78, 5) is 16.3. The summed E-state index contributed by atoms with van der Waals surface area (Å²) in [5, 5.41) is 0. The highest BCUT2D eigenvalue weighted by molar-refractivity contribution is 5.94. The molecule has 1 amide bonds. The SMILES string of the molecule is O=C(c1cccc(C(F)(F)F)c1)N1CCN(CC=Cc2ccccc2)CC1. The Morgan fingerprint density at radius 2 is 1.67 bits per heavy atom. The van der Waals surface area contributed by atoms with Crippen molar-refractivity contribution in [1.29, 1.82) is 0 Å².